The molecular formula is C19H22N13O2+. The summed E-state index contributed by atoms with van der Waals surface area (Å²) in [5.41, 5.74) is 11.4. The summed E-state index contributed by atoms with van der Waals surface area (Å²) in [5.74, 6) is -0.158. The zero-order chi connectivity index (χ0) is 23.5. The molecular weight excluding hydrogens is 442 g/mol. The Kier molecular flexibility index (Phi) is 5.73. The van der Waals surface area contributed by atoms with E-state index in [1.54, 1.807) is 6.92 Å². The number of tetrazole rings is 1. The standard InChI is InChI=1S/C19H21N13O2/c1-12(13-5-4-6-14(9-13)31-11-21-27-29-31)22-24-19(33)16-15(10-30-7-2-3-8-30)32(28-23-16)18-17(20)25-34-26-18/h4-6,9,11H,2-3,7-8,10H2,1H3,(H3,20,24,25,33)/p+1. The molecule has 0 unspecified atom stereocenters. The lowest BCUT2D eigenvalue weighted by Crippen LogP contribution is -2.41. The highest BCUT2D eigenvalue weighted by atomic mass is 16.6. The molecule has 3 aromatic heterocycles. The monoisotopic (exact) mass is 464 g/mol. The van der Waals surface area contributed by atoms with Crippen LogP contribution in [0.15, 0.2) is 40.3 Å². The predicted octanol–water partition coefficient (Wildman–Crippen LogP) is -0.623. The fourth-order valence-corrected chi connectivity index (χ4v) is 3.74. The van der Waals surface area contributed by atoms with Crippen LogP contribution in [-0.4, -0.2) is 70.4 Å². The van der Waals surface area contributed by atoms with Gasteiger partial charge in [0.2, 0.25) is 0 Å². The van der Waals surface area contributed by atoms with E-state index in [2.05, 4.69) is 51.6 Å². The molecule has 1 saturated heterocycles. The average molecular weight is 464 g/mol. The van der Waals surface area contributed by atoms with E-state index in [1.807, 2.05) is 24.3 Å². The van der Waals surface area contributed by atoms with Gasteiger partial charge in [0.15, 0.2) is 5.69 Å². The van der Waals surface area contributed by atoms with Gasteiger partial charge in [-0.05, 0) is 71.2 Å². The fraction of sp³-hybridized carbons (Fsp3) is 0.316. The van der Waals surface area contributed by atoms with Crippen LogP contribution in [0.4, 0.5) is 5.82 Å². The Morgan fingerprint density at radius 3 is 2.91 bits per heavy atom. The Morgan fingerprint density at radius 2 is 2.18 bits per heavy atom. The van der Waals surface area contributed by atoms with Crippen LogP contribution in [0.5, 0.6) is 0 Å². The molecule has 1 aliphatic rings. The number of H-pyrrole nitrogens is 1. The number of hydrazone groups is 1. The molecule has 1 aliphatic heterocycles. The molecule has 0 bridgehead atoms. The Balaban J connectivity index is 1.39. The lowest BCUT2D eigenvalue weighted by atomic mass is 10.1. The fourth-order valence-electron chi connectivity index (χ4n) is 3.74. The van der Waals surface area contributed by atoms with Gasteiger partial charge in [0.05, 0.1) is 17.9 Å². The first kappa shape index (κ1) is 21.3. The van der Waals surface area contributed by atoms with Crippen LogP contribution in [-0.2, 0) is 6.54 Å². The first-order valence-corrected chi connectivity index (χ1v) is 10.6. The van der Waals surface area contributed by atoms with E-state index in [9.17, 15) is 4.79 Å². The normalized spacial score (nSPS) is 14.6. The Bertz CT molecular complexity index is 1320. The van der Waals surface area contributed by atoms with Crippen LogP contribution >= 0.6 is 0 Å². The molecule has 1 amide bonds. The molecule has 0 aliphatic carbocycles. The topological polar surface area (TPSA) is 186 Å². The minimum Gasteiger partial charge on any atom is -0.375 e. The van der Waals surface area contributed by atoms with Crippen molar-refractivity contribution in [2.24, 2.45) is 5.10 Å². The number of likely N-dealkylation sites (tertiary alicyclic amines) is 1. The summed E-state index contributed by atoms with van der Waals surface area (Å²) in [6.45, 7) is 4.11. The Hall–Kier alpha value is -4.53. The van der Waals surface area contributed by atoms with Gasteiger partial charge in [-0.2, -0.15) is 9.73 Å². The van der Waals surface area contributed by atoms with Gasteiger partial charge in [0.25, 0.3) is 11.5 Å². The number of aromatic nitrogens is 9. The maximum Gasteiger partial charge on any atom is 0.377 e. The van der Waals surface area contributed by atoms with Gasteiger partial charge in [-0.15, -0.1) is 15.0 Å². The molecule has 4 heterocycles. The van der Waals surface area contributed by atoms with E-state index in [4.69, 9.17) is 10.4 Å². The van der Waals surface area contributed by atoms with Crippen LogP contribution in [0.25, 0.3) is 11.5 Å². The summed E-state index contributed by atoms with van der Waals surface area (Å²) >= 11 is 0. The van der Waals surface area contributed by atoms with Crippen molar-refractivity contribution in [1.82, 2.24) is 51.2 Å². The van der Waals surface area contributed by atoms with E-state index in [0.717, 1.165) is 37.2 Å². The highest BCUT2D eigenvalue weighted by Gasteiger charge is 2.32. The molecule has 0 spiro atoms. The summed E-state index contributed by atoms with van der Waals surface area (Å²) in [7, 11) is 0. The minimum atomic E-state index is -0.477. The van der Waals surface area contributed by atoms with Gasteiger partial charge >= 0.3 is 11.7 Å². The van der Waals surface area contributed by atoms with Crippen molar-refractivity contribution in [3.8, 4) is 11.5 Å². The smallest absolute Gasteiger partial charge is 0.375 e. The SMILES string of the molecule is CC(=NNC(=O)c1n[nH][n+](-c2nonc2N)c1CN1CCCC1)c1cccc(-n2cnnn2)c1. The van der Waals surface area contributed by atoms with Crippen LogP contribution in [0.1, 0.15) is 41.5 Å². The van der Waals surface area contributed by atoms with E-state index in [1.165, 1.54) is 15.7 Å². The molecule has 4 aromatic rings. The molecule has 0 saturated carbocycles. The van der Waals surface area contributed by atoms with Gasteiger partial charge in [-0.3, -0.25) is 9.69 Å². The molecule has 1 aromatic carbocycles. The number of rotatable bonds is 7. The minimum absolute atomic E-state index is 0.0830. The number of amides is 1. The number of benzene rings is 1. The van der Waals surface area contributed by atoms with Gasteiger partial charge in [0.1, 0.15) is 11.5 Å². The van der Waals surface area contributed by atoms with Gasteiger partial charge in [-0.25, -0.2) is 10.1 Å². The van der Waals surface area contributed by atoms with Crippen LogP contribution in [0.2, 0.25) is 0 Å². The van der Waals surface area contributed by atoms with Gasteiger partial charge in [0, 0.05) is 0 Å². The van der Waals surface area contributed by atoms with Crippen molar-refractivity contribution in [3.05, 3.63) is 47.5 Å². The van der Waals surface area contributed by atoms with E-state index < -0.39 is 5.91 Å². The average Bonchev–Trinajstić information content (AvgIpc) is 3.66. The number of nitrogen functional groups attached to an aromatic ring is 1. The van der Waals surface area contributed by atoms with Crippen molar-refractivity contribution in [2.75, 3.05) is 18.8 Å². The summed E-state index contributed by atoms with van der Waals surface area (Å²) in [6, 6.07) is 7.46. The number of nitrogens with one attached hydrogen (secondary N) is 2. The maximum atomic E-state index is 13.0. The quantitative estimate of drug-likeness (QED) is 0.181. The lowest BCUT2D eigenvalue weighted by Gasteiger charge is -2.12. The number of hydrogen-bond acceptors (Lipinski definition) is 11. The third-order valence-corrected chi connectivity index (χ3v) is 5.50. The molecule has 1 fully saturated rings. The number of carbonyl (C=O) groups excluding carboxylic acids is 1. The summed E-state index contributed by atoms with van der Waals surface area (Å²) in [4.78, 5) is 15.3. The Morgan fingerprint density at radius 1 is 1.32 bits per heavy atom. The third kappa shape index (κ3) is 4.23. The Labute approximate surface area is 192 Å². The first-order chi connectivity index (χ1) is 16.6. The van der Waals surface area contributed by atoms with E-state index in [0.29, 0.717) is 18.0 Å². The summed E-state index contributed by atoms with van der Waals surface area (Å²) < 4.78 is 7.76. The summed E-state index contributed by atoms with van der Waals surface area (Å²) in [6.07, 6.45) is 3.69. The zero-order valence-electron chi connectivity index (χ0n) is 18.3. The van der Waals surface area contributed by atoms with Crippen molar-refractivity contribution < 1.29 is 14.1 Å². The molecule has 0 atom stereocenters. The number of nitrogens with zero attached hydrogens (tertiary/aromatic N) is 10. The molecule has 174 valence electrons. The van der Waals surface area contributed by atoms with E-state index in [-0.39, 0.29) is 17.3 Å². The maximum absolute atomic E-state index is 13.0. The largest absolute Gasteiger partial charge is 0.377 e. The van der Waals surface area contributed by atoms with Crippen molar-refractivity contribution in [1.29, 1.82) is 0 Å². The van der Waals surface area contributed by atoms with Gasteiger partial charge < -0.3 is 5.73 Å². The first-order valence-electron chi connectivity index (χ1n) is 10.6. The van der Waals surface area contributed by atoms with Crippen molar-refractivity contribution >= 4 is 17.4 Å². The van der Waals surface area contributed by atoms with E-state index >= 15 is 0 Å². The second-order valence-electron chi connectivity index (χ2n) is 7.74. The lowest BCUT2D eigenvalue weighted by molar-refractivity contribution is -0.671. The van der Waals surface area contributed by atoms with Gasteiger partial charge in [-0.1, -0.05) is 12.1 Å². The molecule has 4 N–H and O–H groups in total. The number of nitrogens with two attached hydrogens (primary N) is 1. The predicted molar refractivity (Wildman–Crippen MR) is 116 cm³/mol. The van der Waals surface area contributed by atoms with Crippen molar-refractivity contribution in [3.63, 3.8) is 0 Å². The molecule has 5 rings (SSSR count). The number of carbonyl (C=O) groups is 1. The number of aromatic amines is 1. The second kappa shape index (κ2) is 9.14. The highest BCUT2D eigenvalue weighted by Crippen LogP contribution is 2.15. The molecule has 0 radical (unpaired) electrons. The van der Waals surface area contributed by atoms with Crippen molar-refractivity contribution in [2.45, 2.75) is 26.3 Å². The molecule has 15 nitrogen and oxygen atoms in total. The molecule has 34 heavy (non-hydrogen) atoms. The number of hydrogen-bond donors (Lipinski definition) is 3. The summed E-state index contributed by atoms with van der Waals surface area (Å²) in [5, 5.41) is 29.8. The second-order valence-corrected chi connectivity index (χ2v) is 7.74. The number of anilines is 1. The van der Waals surface area contributed by atoms with Crippen LogP contribution in [0, 0.1) is 0 Å². The third-order valence-electron chi connectivity index (χ3n) is 5.50. The zero-order valence-corrected chi connectivity index (χ0v) is 18.3. The van der Waals surface area contributed by atoms with Crippen LogP contribution < -0.4 is 15.8 Å². The molecule has 15 heteroatoms. The van der Waals surface area contributed by atoms with Crippen LogP contribution in [0.3, 0.4) is 0 Å². The highest BCUT2D eigenvalue weighted by molar-refractivity contribution is 6.00.